The summed E-state index contributed by atoms with van der Waals surface area (Å²) >= 11 is 0. The van der Waals surface area contributed by atoms with E-state index in [9.17, 15) is 0 Å². The highest BCUT2D eigenvalue weighted by Gasteiger charge is 2.23. The Morgan fingerprint density at radius 2 is 2.00 bits per heavy atom. The maximum absolute atomic E-state index is 4.27. The summed E-state index contributed by atoms with van der Waals surface area (Å²) in [6.45, 7) is 6.34. The van der Waals surface area contributed by atoms with Crippen LogP contribution in [-0.4, -0.2) is 29.5 Å². The molecule has 3 heteroatoms. The van der Waals surface area contributed by atoms with Crippen molar-refractivity contribution in [2.45, 2.75) is 25.9 Å². The number of nitrogens with one attached hydrogen (secondary N) is 1. The first-order valence-corrected chi connectivity index (χ1v) is 7.79. The number of hydrogen-bond acceptors (Lipinski definition) is 3. The van der Waals surface area contributed by atoms with Crippen LogP contribution in [0.3, 0.4) is 0 Å². The Labute approximate surface area is 127 Å². The lowest BCUT2D eigenvalue weighted by Gasteiger charge is -2.36. The molecule has 1 aromatic carbocycles. The van der Waals surface area contributed by atoms with Crippen LogP contribution in [-0.2, 0) is 13.0 Å². The van der Waals surface area contributed by atoms with Gasteiger partial charge in [0.05, 0.1) is 0 Å². The molecule has 0 spiro atoms. The van der Waals surface area contributed by atoms with E-state index < -0.39 is 0 Å². The molecule has 1 N–H and O–H groups in total. The van der Waals surface area contributed by atoms with Gasteiger partial charge in [0.1, 0.15) is 0 Å². The molecule has 0 saturated carbocycles. The van der Waals surface area contributed by atoms with Crippen LogP contribution in [0.1, 0.15) is 29.7 Å². The van der Waals surface area contributed by atoms with Crippen LogP contribution in [0.5, 0.6) is 0 Å². The third kappa shape index (κ3) is 3.49. The first-order valence-electron chi connectivity index (χ1n) is 7.79. The van der Waals surface area contributed by atoms with Crippen molar-refractivity contribution in [1.29, 1.82) is 0 Å². The molecule has 0 aliphatic carbocycles. The zero-order valence-corrected chi connectivity index (χ0v) is 12.6. The fraction of sp³-hybridized carbons (Fsp3) is 0.389. The van der Waals surface area contributed by atoms with E-state index in [-0.39, 0.29) is 0 Å². The smallest absolute Gasteiger partial charge is 0.0491 e. The van der Waals surface area contributed by atoms with Crippen LogP contribution < -0.4 is 5.32 Å². The van der Waals surface area contributed by atoms with Crippen molar-refractivity contribution in [3.8, 4) is 0 Å². The van der Waals surface area contributed by atoms with Crippen LogP contribution in [0.25, 0.3) is 0 Å². The first-order chi connectivity index (χ1) is 10.4. The zero-order valence-electron chi connectivity index (χ0n) is 12.6. The number of pyridine rings is 1. The van der Waals surface area contributed by atoms with Gasteiger partial charge in [-0.1, -0.05) is 37.3 Å². The van der Waals surface area contributed by atoms with E-state index in [0.29, 0.717) is 6.04 Å². The zero-order chi connectivity index (χ0) is 14.5. The van der Waals surface area contributed by atoms with Crippen molar-refractivity contribution >= 4 is 0 Å². The van der Waals surface area contributed by atoms with Crippen molar-refractivity contribution < 1.29 is 0 Å². The Morgan fingerprint density at radius 3 is 2.71 bits per heavy atom. The summed E-state index contributed by atoms with van der Waals surface area (Å²) in [7, 11) is 0. The summed E-state index contributed by atoms with van der Waals surface area (Å²) in [5.74, 6) is 0. The number of aromatic nitrogens is 1. The molecule has 0 radical (unpaired) electrons. The van der Waals surface area contributed by atoms with Crippen LogP contribution in [0.15, 0.2) is 48.8 Å². The molecule has 0 amide bonds. The molecule has 0 bridgehead atoms. The van der Waals surface area contributed by atoms with Gasteiger partial charge in [0.25, 0.3) is 0 Å². The average Bonchev–Trinajstić information content (AvgIpc) is 2.57. The van der Waals surface area contributed by atoms with Gasteiger partial charge in [-0.2, -0.15) is 0 Å². The molecule has 3 rings (SSSR count). The van der Waals surface area contributed by atoms with Gasteiger partial charge in [-0.15, -0.1) is 0 Å². The molecule has 1 aliphatic heterocycles. The van der Waals surface area contributed by atoms with Crippen LogP contribution in [0.4, 0.5) is 0 Å². The lowest BCUT2D eigenvalue weighted by atomic mass is 10.0. The van der Waals surface area contributed by atoms with Gasteiger partial charge in [-0.3, -0.25) is 9.88 Å². The largest absolute Gasteiger partial charge is 0.314 e. The average molecular weight is 281 g/mol. The molecule has 2 aromatic rings. The molecule has 1 aromatic heterocycles. The van der Waals surface area contributed by atoms with Gasteiger partial charge in [-0.05, 0) is 29.2 Å². The molecule has 1 unspecified atom stereocenters. The Kier molecular flexibility index (Phi) is 4.63. The molecule has 110 valence electrons. The predicted octanol–water partition coefficient (Wildman–Crippen LogP) is 2.79. The summed E-state index contributed by atoms with van der Waals surface area (Å²) in [4.78, 5) is 6.82. The van der Waals surface area contributed by atoms with Crippen LogP contribution in [0.2, 0.25) is 0 Å². The lowest BCUT2D eigenvalue weighted by molar-refractivity contribution is 0.153. The number of rotatable bonds is 4. The second-order valence-corrected chi connectivity index (χ2v) is 5.65. The minimum Gasteiger partial charge on any atom is -0.314 e. The monoisotopic (exact) mass is 281 g/mol. The van der Waals surface area contributed by atoms with E-state index in [4.69, 9.17) is 0 Å². The van der Waals surface area contributed by atoms with Crippen LogP contribution in [0, 0.1) is 0 Å². The third-order valence-corrected chi connectivity index (χ3v) is 4.24. The Bertz CT molecular complexity index is 550. The molecule has 21 heavy (non-hydrogen) atoms. The van der Waals surface area contributed by atoms with Gasteiger partial charge < -0.3 is 5.32 Å². The van der Waals surface area contributed by atoms with Gasteiger partial charge in [0, 0.05) is 44.6 Å². The Hall–Kier alpha value is -1.71. The van der Waals surface area contributed by atoms with E-state index in [1.54, 1.807) is 0 Å². The number of nitrogens with zero attached hydrogens (tertiary/aromatic N) is 2. The van der Waals surface area contributed by atoms with E-state index in [1.165, 1.54) is 16.7 Å². The molecular formula is C18H23N3. The standard InChI is InChI=1S/C18H23N3/c1-2-15-5-7-16(8-6-15)14-21-11-10-20-13-18(21)17-4-3-9-19-12-17/h3-9,12,18,20H,2,10-11,13-14H2,1H3. The second kappa shape index (κ2) is 6.83. The van der Waals surface area contributed by atoms with Gasteiger partial charge in [-0.25, -0.2) is 0 Å². The maximum Gasteiger partial charge on any atom is 0.0491 e. The molecular weight excluding hydrogens is 258 g/mol. The van der Waals surface area contributed by atoms with E-state index in [0.717, 1.165) is 32.6 Å². The van der Waals surface area contributed by atoms with E-state index >= 15 is 0 Å². The molecule has 1 aliphatic rings. The molecule has 1 fully saturated rings. The highest BCUT2D eigenvalue weighted by Crippen LogP contribution is 2.23. The van der Waals surface area contributed by atoms with Crippen molar-refractivity contribution in [2.75, 3.05) is 19.6 Å². The quantitative estimate of drug-likeness (QED) is 0.934. The summed E-state index contributed by atoms with van der Waals surface area (Å²) in [5.41, 5.74) is 4.10. The summed E-state index contributed by atoms with van der Waals surface area (Å²) < 4.78 is 0. The minimum atomic E-state index is 0.415. The van der Waals surface area contributed by atoms with E-state index in [1.807, 2.05) is 18.5 Å². The van der Waals surface area contributed by atoms with Crippen molar-refractivity contribution in [3.05, 3.63) is 65.5 Å². The highest BCUT2D eigenvalue weighted by atomic mass is 15.2. The van der Waals surface area contributed by atoms with Gasteiger partial charge >= 0.3 is 0 Å². The summed E-state index contributed by atoms with van der Waals surface area (Å²) in [6, 6.07) is 13.6. The maximum atomic E-state index is 4.27. The molecule has 1 saturated heterocycles. The van der Waals surface area contributed by atoms with E-state index in [2.05, 4.69) is 52.5 Å². The van der Waals surface area contributed by atoms with Gasteiger partial charge in [0.15, 0.2) is 0 Å². The first kappa shape index (κ1) is 14.2. The Morgan fingerprint density at radius 1 is 1.19 bits per heavy atom. The van der Waals surface area contributed by atoms with Gasteiger partial charge in [0.2, 0.25) is 0 Å². The third-order valence-electron chi connectivity index (χ3n) is 4.24. The SMILES string of the molecule is CCc1ccc(CN2CCNCC2c2cccnc2)cc1. The molecule has 1 atom stereocenters. The Balaban J connectivity index is 1.75. The number of piperazine rings is 1. The van der Waals surface area contributed by atoms with Crippen molar-refractivity contribution in [1.82, 2.24) is 15.2 Å². The highest BCUT2D eigenvalue weighted by molar-refractivity contribution is 5.23. The fourth-order valence-corrected chi connectivity index (χ4v) is 2.95. The molecule has 2 heterocycles. The minimum absolute atomic E-state index is 0.415. The fourth-order valence-electron chi connectivity index (χ4n) is 2.95. The normalized spacial score (nSPS) is 19.6. The van der Waals surface area contributed by atoms with Crippen molar-refractivity contribution in [3.63, 3.8) is 0 Å². The summed E-state index contributed by atoms with van der Waals surface area (Å²) in [5, 5.41) is 3.50. The van der Waals surface area contributed by atoms with Crippen molar-refractivity contribution in [2.24, 2.45) is 0 Å². The number of aryl methyl sites for hydroxylation is 1. The number of hydrogen-bond donors (Lipinski definition) is 1. The number of benzene rings is 1. The van der Waals surface area contributed by atoms with Crippen LogP contribution >= 0.6 is 0 Å². The predicted molar refractivity (Wildman–Crippen MR) is 86.1 cm³/mol. The summed E-state index contributed by atoms with van der Waals surface area (Å²) in [6.07, 6.45) is 4.94. The lowest BCUT2D eigenvalue weighted by Crippen LogP contribution is -2.45. The molecule has 3 nitrogen and oxygen atoms in total. The second-order valence-electron chi connectivity index (χ2n) is 5.65. The topological polar surface area (TPSA) is 28.2 Å².